The lowest BCUT2D eigenvalue weighted by Gasteiger charge is -2.38. The molecule has 0 amide bonds. The molecule has 2 heteroatoms. The molecule has 0 aliphatic heterocycles. The Labute approximate surface area is 87.0 Å². The van der Waals surface area contributed by atoms with Crippen LogP contribution in [0.5, 0.6) is 0 Å². The van der Waals surface area contributed by atoms with E-state index in [1.807, 2.05) is 0 Å². The third kappa shape index (κ3) is 2.81. The number of hydrogen-bond acceptors (Lipinski definition) is 2. The standard InChI is InChI=1S/C12H22O2/c1-4-5-14-12(9-13)7-10(2)6-11(3)8-12/h9-11H,4-8H2,1-3H3. The molecule has 0 bridgehead atoms. The maximum Gasteiger partial charge on any atom is 0.151 e. The summed E-state index contributed by atoms with van der Waals surface area (Å²) < 4.78 is 5.74. The molecule has 0 aromatic carbocycles. The van der Waals surface area contributed by atoms with Gasteiger partial charge in [-0.2, -0.15) is 0 Å². The molecule has 1 aliphatic rings. The lowest BCUT2D eigenvalue weighted by molar-refractivity contribution is -0.141. The van der Waals surface area contributed by atoms with Gasteiger partial charge in [0.15, 0.2) is 6.29 Å². The quantitative estimate of drug-likeness (QED) is 0.649. The van der Waals surface area contributed by atoms with Gasteiger partial charge in [-0.05, 0) is 37.5 Å². The number of carbonyl (C=O) groups excluding carboxylic acids is 1. The Hall–Kier alpha value is -0.370. The Balaban J connectivity index is 2.61. The van der Waals surface area contributed by atoms with Crippen LogP contribution in [0, 0.1) is 11.8 Å². The molecule has 1 fully saturated rings. The molecule has 2 unspecified atom stereocenters. The maximum absolute atomic E-state index is 11.2. The second-order valence-corrected chi connectivity index (χ2v) is 4.89. The lowest BCUT2D eigenvalue weighted by Crippen LogP contribution is -2.42. The van der Waals surface area contributed by atoms with E-state index in [0.717, 1.165) is 25.5 Å². The average Bonchev–Trinajstić information content (AvgIpc) is 2.13. The minimum Gasteiger partial charge on any atom is -0.368 e. The summed E-state index contributed by atoms with van der Waals surface area (Å²) in [6.45, 7) is 7.21. The van der Waals surface area contributed by atoms with Crippen molar-refractivity contribution >= 4 is 6.29 Å². The molecule has 82 valence electrons. The third-order valence-corrected chi connectivity index (χ3v) is 3.00. The summed E-state index contributed by atoms with van der Waals surface area (Å²) in [5.74, 6) is 1.22. The molecule has 0 aromatic heterocycles. The van der Waals surface area contributed by atoms with Gasteiger partial charge >= 0.3 is 0 Å². The number of carbonyl (C=O) groups is 1. The molecule has 2 nitrogen and oxygen atoms in total. The van der Waals surface area contributed by atoms with E-state index in [0.29, 0.717) is 18.4 Å². The zero-order valence-electron chi connectivity index (χ0n) is 9.58. The second kappa shape index (κ2) is 4.92. The van der Waals surface area contributed by atoms with Crippen LogP contribution in [-0.4, -0.2) is 18.5 Å². The van der Waals surface area contributed by atoms with Crippen LogP contribution in [0.15, 0.2) is 0 Å². The summed E-state index contributed by atoms with van der Waals surface area (Å²) in [5.41, 5.74) is -0.465. The van der Waals surface area contributed by atoms with Gasteiger partial charge in [-0.3, -0.25) is 0 Å². The fourth-order valence-electron chi connectivity index (χ4n) is 2.67. The van der Waals surface area contributed by atoms with Gasteiger partial charge in [0.1, 0.15) is 5.60 Å². The Kier molecular flexibility index (Phi) is 4.11. The van der Waals surface area contributed by atoms with E-state index < -0.39 is 5.60 Å². The highest BCUT2D eigenvalue weighted by molar-refractivity contribution is 5.62. The maximum atomic E-state index is 11.2. The van der Waals surface area contributed by atoms with Crippen molar-refractivity contribution < 1.29 is 9.53 Å². The molecule has 1 rings (SSSR count). The summed E-state index contributed by atoms with van der Waals surface area (Å²) in [6, 6.07) is 0. The first-order chi connectivity index (χ1) is 6.62. The van der Waals surface area contributed by atoms with Gasteiger partial charge in [-0.1, -0.05) is 20.8 Å². The zero-order valence-corrected chi connectivity index (χ0v) is 9.58. The van der Waals surface area contributed by atoms with Crippen molar-refractivity contribution in [1.29, 1.82) is 0 Å². The largest absolute Gasteiger partial charge is 0.368 e. The Morgan fingerprint density at radius 2 is 1.93 bits per heavy atom. The van der Waals surface area contributed by atoms with Gasteiger partial charge in [0.2, 0.25) is 0 Å². The van der Waals surface area contributed by atoms with Crippen LogP contribution in [0.25, 0.3) is 0 Å². The van der Waals surface area contributed by atoms with Crippen molar-refractivity contribution in [3.8, 4) is 0 Å². The first-order valence-corrected chi connectivity index (χ1v) is 5.72. The molecular weight excluding hydrogens is 176 g/mol. The van der Waals surface area contributed by atoms with Crippen LogP contribution in [0.4, 0.5) is 0 Å². The highest BCUT2D eigenvalue weighted by atomic mass is 16.5. The van der Waals surface area contributed by atoms with Crippen molar-refractivity contribution in [2.45, 2.75) is 52.1 Å². The van der Waals surface area contributed by atoms with Crippen LogP contribution < -0.4 is 0 Å². The summed E-state index contributed by atoms with van der Waals surface area (Å²) in [7, 11) is 0. The van der Waals surface area contributed by atoms with E-state index in [1.165, 1.54) is 6.42 Å². The molecule has 0 saturated heterocycles. The van der Waals surface area contributed by atoms with Crippen molar-refractivity contribution in [2.75, 3.05) is 6.61 Å². The number of ether oxygens (including phenoxy) is 1. The number of hydrogen-bond donors (Lipinski definition) is 0. The molecule has 0 radical (unpaired) electrons. The minimum atomic E-state index is -0.465. The monoisotopic (exact) mass is 198 g/mol. The van der Waals surface area contributed by atoms with E-state index in [1.54, 1.807) is 0 Å². The second-order valence-electron chi connectivity index (χ2n) is 4.89. The van der Waals surface area contributed by atoms with Gasteiger partial charge in [-0.15, -0.1) is 0 Å². The molecule has 0 heterocycles. The van der Waals surface area contributed by atoms with Crippen molar-refractivity contribution in [3.63, 3.8) is 0 Å². The van der Waals surface area contributed by atoms with E-state index in [-0.39, 0.29) is 0 Å². The summed E-state index contributed by atoms with van der Waals surface area (Å²) in [6.07, 6.45) is 5.06. The van der Waals surface area contributed by atoms with Gasteiger partial charge in [0, 0.05) is 6.61 Å². The molecule has 2 atom stereocenters. The Morgan fingerprint density at radius 1 is 1.36 bits per heavy atom. The van der Waals surface area contributed by atoms with Crippen molar-refractivity contribution in [3.05, 3.63) is 0 Å². The van der Waals surface area contributed by atoms with E-state index in [4.69, 9.17) is 4.74 Å². The van der Waals surface area contributed by atoms with Gasteiger partial charge < -0.3 is 9.53 Å². The fraction of sp³-hybridized carbons (Fsp3) is 0.917. The van der Waals surface area contributed by atoms with E-state index in [9.17, 15) is 4.79 Å². The first kappa shape index (κ1) is 11.7. The van der Waals surface area contributed by atoms with Crippen LogP contribution in [0.1, 0.15) is 46.5 Å². The average molecular weight is 198 g/mol. The molecule has 14 heavy (non-hydrogen) atoms. The van der Waals surface area contributed by atoms with Crippen molar-refractivity contribution in [2.24, 2.45) is 11.8 Å². The van der Waals surface area contributed by atoms with Gasteiger partial charge in [-0.25, -0.2) is 0 Å². The van der Waals surface area contributed by atoms with Gasteiger partial charge in [0.05, 0.1) is 0 Å². The van der Waals surface area contributed by atoms with E-state index in [2.05, 4.69) is 20.8 Å². The van der Waals surface area contributed by atoms with Crippen molar-refractivity contribution in [1.82, 2.24) is 0 Å². The molecule has 0 N–H and O–H groups in total. The Bertz CT molecular complexity index is 179. The normalized spacial score (nSPS) is 38.2. The SMILES string of the molecule is CCCOC1(C=O)CC(C)CC(C)C1. The highest BCUT2D eigenvalue weighted by Crippen LogP contribution is 2.37. The molecule has 0 spiro atoms. The number of aldehydes is 1. The molecule has 1 aliphatic carbocycles. The number of rotatable bonds is 4. The van der Waals surface area contributed by atoms with Gasteiger partial charge in [0.25, 0.3) is 0 Å². The molecule has 0 aromatic rings. The smallest absolute Gasteiger partial charge is 0.151 e. The van der Waals surface area contributed by atoms with Crippen LogP contribution >= 0.6 is 0 Å². The summed E-state index contributed by atoms with van der Waals surface area (Å²) in [5, 5.41) is 0. The lowest BCUT2D eigenvalue weighted by atomic mass is 9.74. The molecule has 1 saturated carbocycles. The highest BCUT2D eigenvalue weighted by Gasteiger charge is 2.38. The third-order valence-electron chi connectivity index (χ3n) is 3.00. The summed E-state index contributed by atoms with van der Waals surface area (Å²) in [4.78, 5) is 11.2. The van der Waals surface area contributed by atoms with Crippen LogP contribution in [0.2, 0.25) is 0 Å². The fourth-order valence-corrected chi connectivity index (χ4v) is 2.67. The summed E-state index contributed by atoms with van der Waals surface area (Å²) >= 11 is 0. The van der Waals surface area contributed by atoms with Crippen LogP contribution in [-0.2, 0) is 9.53 Å². The molecular formula is C12H22O2. The Morgan fingerprint density at radius 3 is 2.36 bits per heavy atom. The first-order valence-electron chi connectivity index (χ1n) is 5.72. The predicted octanol–water partition coefficient (Wildman–Crippen LogP) is 2.81. The van der Waals surface area contributed by atoms with E-state index >= 15 is 0 Å². The topological polar surface area (TPSA) is 26.3 Å². The zero-order chi connectivity index (χ0) is 10.6. The van der Waals surface area contributed by atoms with Crippen LogP contribution in [0.3, 0.4) is 0 Å². The predicted molar refractivity (Wildman–Crippen MR) is 57.2 cm³/mol. The minimum absolute atomic E-state index is 0.465.